The molecule has 0 bridgehead atoms. The molecule has 1 heterocycles. The van der Waals surface area contributed by atoms with Crippen LogP contribution in [0, 0.1) is 0 Å². The summed E-state index contributed by atoms with van der Waals surface area (Å²) in [5.74, 6) is 0. The SMILES string of the molecule is CN(C(=O)Nc1ccc(Cl)c(Cl)c1)[C@@H]1CCCC[C@@H]1N1CCCC1. The van der Waals surface area contributed by atoms with Crippen LogP contribution in [0.5, 0.6) is 0 Å². The highest BCUT2D eigenvalue weighted by Gasteiger charge is 2.35. The minimum atomic E-state index is -0.0792. The fourth-order valence-electron chi connectivity index (χ4n) is 3.98. The summed E-state index contributed by atoms with van der Waals surface area (Å²) in [6, 6.07) is 5.86. The van der Waals surface area contributed by atoms with Gasteiger partial charge in [0.05, 0.1) is 10.0 Å². The monoisotopic (exact) mass is 369 g/mol. The van der Waals surface area contributed by atoms with Crippen LogP contribution < -0.4 is 5.32 Å². The van der Waals surface area contributed by atoms with Crippen molar-refractivity contribution in [1.29, 1.82) is 0 Å². The molecule has 3 rings (SSSR count). The highest BCUT2D eigenvalue weighted by atomic mass is 35.5. The third kappa shape index (κ3) is 3.98. The number of anilines is 1. The number of likely N-dealkylation sites (N-methyl/N-ethyl adjacent to an activating group) is 1. The minimum Gasteiger partial charge on any atom is -0.323 e. The highest BCUT2D eigenvalue weighted by Crippen LogP contribution is 2.30. The van der Waals surface area contributed by atoms with Crippen LogP contribution in [0.15, 0.2) is 18.2 Å². The standard InChI is InChI=1S/C18H25Cl2N3O/c1-22(18(24)21-13-8-9-14(19)15(20)12-13)16-6-2-3-7-17(16)23-10-4-5-11-23/h8-9,12,16-17H,2-7,10-11H2,1H3,(H,21,24)/t16-,17+/m1/s1. The van der Waals surface area contributed by atoms with Crippen LogP contribution >= 0.6 is 23.2 Å². The molecule has 6 heteroatoms. The van der Waals surface area contributed by atoms with Crippen molar-refractivity contribution in [2.45, 2.75) is 50.6 Å². The largest absolute Gasteiger partial charge is 0.323 e. The Labute approximate surface area is 154 Å². The fraction of sp³-hybridized carbons (Fsp3) is 0.611. The number of hydrogen-bond acceptors (Lipinski definition) is 2. The van der Waals surface area contributed by atoms with E-state index in [9.17, 15) is 4.79 Å². The van der Waals surface area contributed by atoms with Gasteiger partial charge in [-0.25, -0.2) is 4.79 Å². The Morgan fingerprint density at radius 3 is 2.54 bits per heavy atom. The first kappa shape index (κ1) is 17.8. The molecule has 2 amide bonds. The normalized spacial score (nSPS) is 24.8. The van der Waals surface area contributed by atoms with Gasteiger partial charge in [-0.05, 0) is 57.0 Å². The zero-order valence-corrected chi connectivity index (χ0v) is 15.6. The van der Waals surface area contributed by atoms with Gasteiger partial charge in [-0.1, -0.05) is 36.0 Å². The Kier molecular flexibility index (Phi) is 5.90. The summed E-state index contributed by atoms with van der Waals surface area (Å²) in [6.45, 7) is 2.34. The van der Waals surface area contributed by atoms with Crippen LogP contribution in [0.4, 0.5) is 10.5 Å². The first-order chi connectivity index (χ1) is 11.6. The summed E-state index contributed by atoms with van der Waals surface area (Å²) in [4.78, 5) is 17.1. The van der Waals surface area contributed by atoms with Gasteiger partial charge in [0.2, 0.25) is 0 Å². The summed E-state index contributed by atoms with van der Waals surface area (Å²) in [5, 5.41) is 3.88. The molecule has 0 aromatic heterocycles. The Hall–Kier alpha value is -0.970. The quantitative estimate of drug-likeness (QED) is 0.825. The number of halogens is 2. The Morgan fingerprint density at radius 1 is 1.12 bits per heavy atom. The Balaban J connectivity index is 1.67. The summed E-state index contributed by atoms with van der Waals surface area (Å²) in [5.41, 5.74) is 0.676. The van der Waals surface area contributed by atoms with Crippen LogP contribution in [0.3, 0.4) is 0 Å². The molecule has 1 aliphatic heterocycles. The van der Waals surface area contributed by atoms with Gasteiger partial charge in [0.25, 0.3) is 0 Å². The van der Waals surface area contributed by atoms with Gasteiger partial charge >= 0.3 is 6.03 Å². The third-order valence-corrected chi connectivity index (χ3v) is 6.03. The van der Waals surface area contributed by atoms with Gasteiger partial charge in [0.1, 0.15) is 0 Å². The van der Waals surface area contributed by atoms with Crippen molar-refractivity contribution in [2.24, 2.45) is 0 Å². The van der Waals surface area contributed by atoms with Crippen LogP contribution in [-0.2, 0) is 0 Å². The van der Waals surface area contributed by atoms with E-state index in [-0.39, 0.29) is 12.1 Å². The number of urea groups is 1. The van der Waals surface area contributed by atoms with E-state index in [0.29, 0.717) is 21.8 Å². The van der Waals surface area contributed by atoms with E-state index in [4.69, 9.17) is 23.2 Å². The number of likely N-dealkylation sites (tertiary alicyclic amines) is 1. The number of hydrogen-bond donors (Lipinski definition) is 1. The van der Waals surface area contributed by atoms with Crippen molar-refractivity contribution in [3.05, 3.63) is 28.2 Å². The molecule has 132 valence electrons. The molecule has 2 fully saturated rings. The van der Waals surface area contributed by atoms with Crippen LogP contribution in [-0.4, -0.2) is 48.1 Å². The average Bonchev–Trinajstić information content (AvgIpc) is 3.12. The molecule has 2 aliphatic rings. The van der Waals surface area contributed by atoms with E-state index < -0.39 is 0 Å². The molecular formula is C18H25Cl2N3O. The van der Waals surface area contributed by atoms with Gasteiger partial charge in [-0.2, -0.15) is 0 Å². The highest BCUT2D eigenvalue weighted by molar-refractivity contribution is 6.42. The predicted octanol–water partition coefficient (Wildman–Crippen LogP) is 4.86. The number of nitrogens with zero attached hydrogens (tertiary/aromatic N) is 2. The lowest BCUT2D eigenvalue weighted by Gasteiger charge is -2.42. The number of carbonyl (C=O) groups excluding carboxylic acids is 1. The molecule has 1 aromatic carbocycles. The first-order valence-electron chi connectivity index (χ1n) is 8.79. The summed E-state index contributed by atoms with van der Waals surface area (Å²) >= 11 is 12.0. The molecule has 1 aromatic rings. The molecule has 1 saturated carbocycles. The van der Waals surface area contributed by atoms with Crippen molar-refractivity contribution in [2.75, 3.05) is 25.5 Å². The number of rotatable bonds is 3. The summed E-state index contributed by atoms with van der Waals surface area (Å²) < 4.78 is 0. The number of benzene rings is 1. The molecule has 0 unspecified atom stereocenters. The number of carbonyl (C=O) groups is 1. The van der Waals surface area contributed by atoms with Crippen LogP contribution in [0.2, 0.25) is 10.0 Å². The lowest BCUT2D eigenvalue weighted by Crippen LogP contribution is -2.54. The molecule has 0 radical (unpaired) electrons. The lowest BCUT2D eigenvalue weighted by molar-refractivity contribution is 0.0949. The molecule has 1 aliphatic carbocycles. The van der Waals surface area contributed by atoms with E-state index in [2.05, 4.69) is 10.2 Å². The molecule has 4 nitrogen and oxygen atoms in total. The number of amides is 2. The molecule has 24 heavy (non-hydrogen) atoms. The van der Waals surface area contributed by atoms with E-state index >= 15 is 0 Å². The second-order valence-electron chi connectivity index (χ2n) is 6.83. The second kappa shape index (κ2) is 7.94. The summed E-state index contributed by atoms with van der Waals surface area (Å²) in [7, 11) is 1.91. The van der Waals surface area contributed by atoms with Gasteiger partial charge in [0, 0.05) is 24.8 Å². The van der Waals surface area contributed by atoms with Crippen molar-refractivity contribution in [3.8, 4) is 0 Å². The van der Waals surface area contributed by atoms with Gasteiger partial charge in [-0.15, -0.1) is 0 Å². The van der Waals surface area contributed by atoms with Gasteiger partial charge < -0.3 is 10.2 Å². The van der Waals surface area contributed by atoms with Crippen molar-refractivity contribution in [3.63, 3.8) is 0 Å². The maximum absolute atomic E-state index is 12.7. The Bertz CT molecular complexity index is 590. The third-order valence-electron chi connectivity index (χ3n) is 5.29. The molecule has 1 saturated heterocycles. The summed E-state index contributed by atoms with van der Waals surface area (Å²) in [6.07, 6.45) is 7.28. The lowest BCUT2D eigenvalue weighted by atomic mass is 9.88. The maximum Gasteiger partial charge on any atom is 0.321 e. The topological polar surface area (TPSA) is 35.6 Å². The van der Waals surface area contributed by atoms with E-state index in [1.807, 2.05) is 11.9 Å². The van der Waals surface area contributed by atoms with Crippen LogP contribution in [0.1, 0.15) is 38.5 Å². The van der Waals surface area contributed by atoms with Crippen LogP contribution in [0.25, 0.3) is 0 Å². The Morgan fingerprint density at radius 2 is 1.83 bits per heavy atom. The molecule has 1 N–H and O–H groups in total. The van der Waals surface area contributed by atoms with Gasteiger partial charge in [0.15, 0.2) is 0 Å². The van der Waals surface area contributed by atoms with Crippen molar-refractivity contribution in [1.82, 2.24) is 9.80 Å². The zero-order chi connectivity index (χ0) is 17.1. The van der Waals surface area contributed by atoms with Crippen molar-refractivity contribution < 1.29 is 4.79 Å². The average molecular weight is 370 g/mol. The van der Waals surface area contributed by atoms with E-state index in [0.717, 1.165) is 6.42 Å². The smallest absolute Gasteiger partial charge is 0.321 e. The molecular weight excluding hydrogens is 345 g/mol. The minimum absolute atomic E-state index is 0.0792. The van der Waals surface area contributed by atoms with Gasteiger partial charge in [-0.3, -0.25) is 4.90 Å². The molecule has 2 atom stereocenters. The predicted molar refractivity (Wildman–Crippen MR) is 100 cm³/mol. The fourth-order valence-corrected chi connectivity index (χ4v) is 4.28. The second-order valence-corrected chi connectivity index (χ2v) is 7.65. The maximum atomic E-state index is 12.7. The first-order valence-corrected chi connectivity index (χ1v) is 9.55. The van der Waals surface area contributed by atoms with E-state index in [1.165, 1.54) is 45.2 Å². The number of nitrogens with one attached hydrogen (secondary N) is 1. The molecule has 0 spiro atoms. The zero-order valence-electron chi connectivity index (χ0n) is 14.1. The van der Waals surface area contributed by atoms with E-state index in [1.54, 1.807) is 18.2 Å². The van der Waals surface area contributed by atoms with Crippen molar-refractivity contribution >= 4 is 34.9 Å².